The Labute approximate surface area is 209 Å². The topological polar surface area (TPSA) is 152 Å². The van der Waals surface area contributed by atoms with E-state index in [0.29, 0.717) is 25.2 Å². The van der Waals surface area contributed by atoms with Crippen molar-refractivity contribution < 1.29 is 23.9 Å². The van der Waals surface area contributed by atoms with Crippen molar-refractivity contribution in [3.63, 3.8) is 0 Å². The molecule has 3 aliphatic rings. The van der Waals surface area contributed by atoms with Gasteiger partial charge in [0.2, 0.25) is 0 Å². The number of rotatable bonds is 7. The maximum atomic E-state index is 13.9. The normalized spacial score (nSPS) is 19.4. The first-order chi connectivity index (χ1) is 17.2. The lowest BCUT2D eigenvalue weighted by atomic mass is 9.91. The fourth-order valence-electron chi connectivity index (χ4n) is 4.95. The second kappa shape index (κ2) is 10.5. The first-order valence-electron chi connectivity index (χ1n) is 12.4. The predicted molar refractivity (Wildman–Crippen MR) is 133 cm³/mol. The Morgan fingerprint density at radius 3 is 2.47 bits per heavy atom. The Morgan fingerprint density at radius 1 is 1.11 bits per heavy atom. The number of urea groups is 1. The molecule has 194 valence electrons. The van der Waals surface area contributed by atoms with Gasteiger partial charge in [0.25, 0.3) is 5.91 Å². The van der Waals surface area contributed by atoms with Crippen molar-refractivity contribution in [1.82, 2.24) is 24.9 Å². The number of primary amides is 1. The van der Waals surface area contributed by atoms with E-state index >= 15 is 0 Å². The summed E-state index contributed by atoms with van der Waals surface area (Å²) in [6.45, 7) is 6.21. The number of amides is 4. The molecule has 4 heterocycles. The van der Waals surface area contributed by atoms with Crippen molar-refractivity contribution in [3.05, 3.63) is 17.8 Å². The van der Waals surface area contributed by atoms with Crippen LogP contribution in [-0.4, -0.2) is 82.2 Å². The highest BCUT2D eigenvalue weighted by Gasteiger charge is 2.41. The number of piperazine rings is 1. The van der Waals surface area contributed by atoms with Gasteiger partial charge >= 0.3 is 17.9 Å². The lowest BCUT2D eigenvalue weighted by Gasteiger charge is -2.50. The summed E-state index contributed by atoms with van der Waals surface area (Å²) in [5.74, 6) is -3.01. The van der Waals surface area contributed by atoms with Crippen LogP contribution in [0.2, 0.25) is 0 Å². The van der Waals surface area contributed by atoms with Crippen LogP contribution in [0.4, 0.5) is 10.5 Å². The number of ether oxygens (including phenoxy) is 1. The number of esters is 1. The second-order valence-corrected chi connectivity index (χ2v) is 9.32. The number of likely N-dealkylation sites (N-methyl/N-ethyl adjacent to an activating group) is 1. The predicted octanol–water partition coefficient (Wildman–Crippen LogP) is 1.29. The summed E-state index contributed by atoms with van der Waals surface area (Å²) in [4.78, 5) is 54.2. The third kappa shape index (κ3) is 4.85. The zero-order valence-corrected chi connectivity index (χ0v) is 20.9. The van der Waals surface area contributed by atoms with Crippen LogP contribution in [0, 0.1) is 0 Å². The highest BCUT2D eigenvalue weighted by molar-refractivity contribution is 6.33. The number of benzene rings is 1. The van der Waals surface area contributed by atoms with Crippen LogP contribution in [0.15, 0.2) is 12.1 Å². The molecule has 2 aromatic rings. The van der Waals surface area contributed by atoms with Crippen molar-refractivity contribution >= 4 is 40.4 Å². The maximum Gasteiger partial charge on any atom is 0.402 e. The van der Waals surface area contributed by atoms with Gasteiger partial charge in [-0.3, -0.25) is 19.2 Å². The minimum Gasteiger partial charge on any atom is -0.416 e. The van der Waals surface area contributed by atoms with Gasteiger partial charge in [0.1, 0.15) is 0 Å². The number of anilines is 1. The number of nitrogens with one attached hydrogen (secondary N) is 2. The maximum absolute atomic E-state index is 13.9. The molecular formula is C24H33N7O5. The molecule has 2 atom stereocenters. The summed E-state index contributed by atoms with van der Waals surface area (Å²) in [7, 11) is 2.06. The summed E-state index contributed by atoms with van der Waals surface area (Å²) in [6, 6.07) is 3.07. The number of nitrogens with zero attached hydrogens (tertiary/aromatic N) is 4. The lowest BCUT2D eigenvalue weighted by Crippen LogP contribution is -2.62. The highest BCUT2D eigenvalue weighted by Crippen LogP contribution is 2.38. The average Bonchev–Trinajstić information content (AvgIpc) is 3.22. The molecule has 1 aromatic heterocycles. The number of carbonyl (C=O) groups excluding carboxylic acids is 4. The van der Waals surface area contributed by atoms with Crippen LogP contribution < -0.4 is 21.1 Å². The molecule has 12 heteroatoms. The van der Waals surface area contributed by atoms with Crippen molar-refractivity contribution in [2.24, 2.45) is 5.73 Å². The largest absolute Gasteiger partial charge is 0.416 e. The van der Waals surface area contributed by atoms with E-state index in [9.17, 15) is 19.2 Å². The molecule has 3 saturated heterocycles. The molecule has 0 radical (unpaired) electrons. The monoisotopic (exact) mass is 499 g/mol. The van der Waals surface area contributed by atoms with Crippen LogP contribution in [0.3, 0.4) is 0 Å². The molecule has 0 saturated carbocycles. The number of hydrogen-bond acceptors (Lipinski definition) is 7. The number of aromatic nitrogens is 2. The summed E-state index contributed by atoms with van der Waals surface area (Å²) in [6.07, 6.45) is 3.41. The van der Waals surface area contributed by atoms with Crippen LogP contribution in [-0.2, 0) is 16.1 Å². The van der Waals surface area contributed by atoms with Crippen molar-refractivity contribution in [2.45, 2.75) is 58.2 Å². The fraction of sp³-hybridized carbons (Fsp3) is 0.542. The van der Waals surface area contributed by atoms with Gasteiger partial charge in [-0.15, -0.1) is 0 Å². The Hall–Kier alpha value is -3.67. The van der Waals surface area contributed by atoms with E-state index < -0.39 is 17.9 Å². The van der Waals surface area contributed by atoms with Crippen LogP contribution in [0.25, 0.3) is 10.9 Å². The van der Waals surface area contributed by atoms with Gasteiger partial charge in [-0.25, -0.2) is 9.59 Å². The number of carbonyl (C=O) groups is 4. The van der Waals surface area contributed by atoms with Crippen molar-refractivity contribution in [1.29, 1.82) is 0 Å². The van der Waals surface area contributed by atoms with Gasteiger partial charge in [0, 0.05) is 38.3 Å². The molecule has 12 nitrogen and oxygen atoms in total. The van der Waals surface area contributed by atoms with E-state index in [1.165, 1.54) is 0 Å². The second-order valence-electron chi connectivity index (χ2n) is 9.32. The van der Waals surface area contributed by atoms with Crippen molar-refractivity contribution in [2.75, 3.05) is 32.0 Å². The van der Waals surface area contributed by atoms with E-state index in [1.54, 1.807) is 16.8 Å². The molecule has 3 fully saturated rings. The molecule has 4 amide bonds. The number of piperidine rings is 2. The summed E-state index contributed by atoms with van der Waals surface area (Å²) >= 11 is 0. The van der Waals surface area contributed by atoms with Crippen LogP contribution >= 0.6 is 0 Å². The fourth-order valence-corrected chi connectivity index (χ4v) is 4.95. The number of aryl methyl sites for hydroxylation is 1. The van der Waals surface area contributed by atoms with E-state index in [0.717, 1.165) is 32.2 Å². The van der Waals surface area contributed by atoms with Gasteiger partial charge in [0.15, 0.2) is 11.4 Å². The lowest BCUT2D eigenvalue weighted by molar-refractivity contribution is -0.146. The Balaban J connectivity index is 1.83. The number of hydrogen-bond donors (Lipinski definition) is 3. The Morgan fingerprint density at radius 2 is 1.86 bits per heavy atom. The summed E-state index contributed by atoms with van der Waals surface area (Å²) in [5, 5.41) is 10.2. The van der Waals surface area contributed by atoms with Crippen LogP contribution in [0.5, 0.6) is 5.75 Å². The molecule has 3 aliphatic heterocycles. The average molecular weight is 500 g/mol. The van der Waals surface area contributed by atoms with E-state index in [2.05, 4.69) is 27.7 Å². The van der Waals surface area contributed by atoms with Gasteiger partial charge in [-0.1, -0.05) is 13.8 Å². The van der Waals surface area contributed by atoms with Crippen molar-refractivity contribution in [3.8, 4) is 5.75 Å². The number of fused-ring (bicyclic) bond motifs is 4. The van der Waals surface area contributed by atoms with Gasteiger partial charge < -0.3 is 26.0 Å². The molecular weight excluding hydrogens is 466 g/mol. The van der Waals surface area contributed by atoms with Gasteiger partial charge in [0.05, 0.1) is 16.6 Å². The smallest absolute Gasteiger partial charge is 0.402 e. The Kier molecular flexibility index (Phi) is 7.43. The molecule has 5 rings (SSSR count). The zero-order valence-electron chi connectivity index (χ0n) is 20.9. The third-order valence-electron chi connectivity index (χ3n) is 6.75. The van der Waals surface area contributed by atoms with E-state index in [-0.39, 0.29) is 40.5 Å². The molecule has 4 N–H and O–H groups in total. The quantitative estimate of drug-likeness (QED) is 0.295. The minimum atomic E-state index is -1.31. The molecule has 0 aliphatic carbocycles. The van der Waals surface area contributed by atoms with E-state index in [4.69, 9.17) is 10.5 Å². The van der Waals surface area contributed by atoms with Gasteiger partial charge in [-0.05, 0) is 44.9 Å². The molecule has 1 aromatic carbocycles. The summed E-state index contributed by atoms with van der Waals surface area (Å²) < 4.78 is 7.07. The highest BCUT2D eigenvalue weighted by atomic mass is 16.5. The first kappa shape index (κ1) is 25.4. The first-order valence-corrected chi connectivity index (χ1v) is 12.4. The van der Waals surface area contributed by atoms with Gasteiger partial charge in [-0.2, -0.15) is 5.10 Å². The SMILES string of the molecule is CCCNC(=O)Nc1ccc2c(c(C(=O)N3CC4CCC3CN4C)nn2CCC)c1OC(=O)C(N)=O. The molecule has 2 bridgehead atoms. The third-order valence-corrected chi connectivity index (χ3v) is 6.75. The zero-order chi connectivity index (χ0) is 26.0. The van der Waals surface area contributed by atoms with Crippen LogP contribution in [0.1, 0.15) is 50.0 Å². The standard InChI is InChI=1S/C24H33N7O5/c1-4-10-26-24(35)27-16-8-9-17-18(20(16)36-23(34)21(25)32)19(28-31(17)11-5-2)22(33)30-13-14-6-7-15(30)12-29(14)3/h8-9,14-15H,4-7,10-13H2,1-3H3,(H2,25,32)(H2,26,27,35). The minimum absolute atomic E-state index is 0.0524. The van der Waals surface area contributed by atoms with E-state index in [1.807, 2.05) is 18.7 Å². The Bertz CT molecular complexity index is 1190. The number of nitrogens with two attached hydrogens (primary N) is 1. The molecule has 36 heavy (non-hydrogen) atoms. The molecule has 0 spiro atoms. The molecule has 2 unspecified atom stereocenters. The summed E-state index contributed by atoms with van der Waals surface area (Å²) in [5.41, 5.74) is 5.93.